The molecule has 1 aliphatic heterocycles. The van der Waals surface area contributed by atoms with Crippen LogP contribution in [0, 0.1) is 5.92 Å². The highest BCUT2D eigenvalue weighted by molar-refractivity contribution is 5.92. The third kappa shape index (κ3) is 4.55. The van der Waals surface area contributed by atoms with Crippen LogP contribution >= 0.6 is 0 Å². The maximum atomic E-state index is 12.2. The molecule has 1 aliphatic rings. The zero-order valence-corrected chi connectivity index (χ0v) is 13.1. The van der Waals surface area contributed by atoms with Gasteiger partial charge < -0.3 is 11.1 Å². The quantitative estimate of drug-likeness (QED) is 0.874. The smallest absolute Gasteiger partial charge is 0.238 e. The number of nitrogens with two attached hydrogens (primary N) is 1. The van der Waals surface area contributed by atoms with E-state index in [1.165, 1.54) is 12.0 Å². The minimum absolute atomic E-state index is 0.0628. The van der Waals surface area contributed by atoms with Crippen molar-refractivity contribution in [3.05, 3.63) is 29.8 Å². The fourth-order valence-corrected chi connectivity index (χ4v) is 2.93. The van der Waals surface area contributed by atoms with Crippen molar-refractivity contribution in [1.82, 2.24) is 4.90 Å². The van der Waals surface area contributed by atoms with E-state index in [9.17, 15) is 4.79 Å². The highest BCUT2D eigenvalue weighted by Crippen LogP contribution is 2.21. The van der Waals surface area contributed by atoms with E-state index in [2.05, 4.69) is 30.1 Å². The lowest BCUT2D eigenvalue weighted by Crippen LogP contribution is -2.47. The number of amides is 1. The number of hydrogen-bond acceptors (Lipinski definition) is 3. The Hall–Kier alpha value is -1.39. The SMILES string of the molecule is CCc1cccc(NC(=O)CN2CC(CN)CCC2C)c1. The number of likely N-dealkylation sites (tertiary alicyclic amines) is 1. The van der Waals surface area contributed by atoms with E-state index in [4.69, 9.17) is 5.73 Å². The average Bonchev–Trinajstić information content (AvgIpc) is 2.49. The highest BCUT2D eigenvalue weighted by Gasteiger charge is 2.25. The molecule has 0 aromatic heterocycles. The van der Waals surface area contributed by atoms with Crippen molar-refractivity contribution in [2.75, 3.05) is 25.0 Å². The number of piperidine rings is 1. The first kappa shape index (κ1) is 16.0. The molecule has 21 heavy (non-hydrogen) atoms. The average molecular weight is 289 g/mol. The zero-order valence-electron chi connectivity index (χ0n) is 13.1. The number of rotatable bonds is 5. The van der Waals surface area contributed by atoms with Crippen LogP contribution in [-0.2, 0) is 11.2 Å². The Morgan fingerprint density at radius 3 is 2.95 bits per heavy atom. The molecule has 1 saturated heterocycles. The molecule has 116 valence electrons. The molecule has 1 aromatic carbocycles. The van der Waals surface area contributed by atoms with Crippen molar-refractivity contribution in [3.8, 4) is 0 Å². The van der Waals surface area contributed by atoms with Crippen molar-refractivity contribution >= 4 is 11.6 Å². The summed E-state index contributed by atoms with van der Waals surface area (Å²) in [5.41, 5.74) is 7.90. The van der Waals surface area contributed by atoms with E-state index in [1.54, 1.807) is 0 Å². The third-order valence-corrected chi connectivity index (χ3v) is 4.41. The van der Waals surface area contributed by atoms with E-state index < -0.39 is 0 Å². The lowest BCUT2D eigenvalue weighted by Gasteiger charge is -2.37. The first-order chi connectivity index (χ1) is 10.1. The zero-order chi connectivity index (χ0) is 15.2. The second-order valence-electron chi connectivity index (χ2n) is 6.06. The Labute approximate surface area is 127 Å². The Kier molecular flexibility index (Phi) is 5.76. The maximum Gasteiger partial charge on any atom is 0.238 e. The van der Waals surface area contributed by atoms with Crippen LogP contribution in [0.15, 0.2) is 24.3 Å². The van der Waals surface area contributed by atoms with Crippen molar-refractivity contribution in [2.24, 2.45) is 11.7 Å². The number of nitrogens with zero attached hydrogens (tertiary/aromatic N) is 1. The first-order valence-electron chi connectivity index (χ1n) is 7.95. The summed E-state index contributed by atoms with van der Waals surface area (Å²) in [7, 11) is 0. The van der Waals surface area contributed by atoms with Gasteiger partial charge in [0.25, 0.3) is 0 Å². The number of benzene rings is 1. The molecular formula is C17H27N3O. The molecule has 0 bridgehead atoms. The van der Waals surface area contributed by atoms with E-state index in [0.717, 1.165) is 25.1 Å². The lowest BCUT2D eigenvalue weighted by atomic mass is 9.93. The van der Waals surface area contributed by atoms with Gasteiger partial charge in [-0.1, -0.05) is 19.1 Å². The second kappa shape index (κ2) is 7.57. The second-order valence-corrected chi connectivity index (χ2v) is 6.06. The molecule has 2 rings (SSSR count). The fourth-order valence-electron chi connectivity index (χ4n) is 2.93. The summed E-state index contributed by atoms with van der Waals surface area (Å²) >= 11 is 0. The molecule has 0 radical (unpaired) electrons. The number of carbonyl (C=O) groups excluding carboxylic acids is 1. The van der Waals surface area contributed by atoms with Crippen LogP contribution in [-0.4, -0.2) is 36.5 Å². The maximum absolute atomic E-state index is 12.2. The van der Waals surface area contributed by atoms with Gasteiger partial charge in [0.2, 0.25) is 5.91 Å². The van der Waals surface area contributed by atoms with Gasteiger partial charge in [0.05, 0.1) is 6.54 Å². The Balaban J connectivity index is 1.91. The minimum Gasteiger partial charge on any atom is -0.330 e. The van der Waals surface area contributed by atoms with Gasteiger partial charge in [-0.3, -0.25) is 9.69 Å². The van der Waals surface area contributed by atoms with E-state index in [-0.39, 0.29) is 5.91 Å². The Morgan fingerprint density at radius 1 is 1.43 bits per heavy atom. The summed E-state index contributed by atoms with van der Waals surface area (Å²) in [4.78, 5) is 14.5. The largest absolute Gasteiger partial charge is 0.330 e. The first-order valence-corrected chi connectivity index (χ1v) is 7.95. The van der Waals surface area contributed by atoms with Gasteiger partial charge >= 0.3 is 0 Å². The van der Waals surface area contributed by atoms with Crippen molar-refractivity contribution < 1.29 is 4.79 Å². The van der Waals surface area contributed by atoms with Crippen molar-refractivity contribution in [1.29, 1.82) is 0 Å². The Bertz CT molecular complexity index is 475. The molecule has 1 amide bonds. The van der Waals surface area contributed by atoms with Crippen LogP contribution in [0.1, 0.15) is 32.3 Å². The third-order valence-electron chi connectivity index (χ3n) is 4.41. The summed E-state index contributed by atoms with van der Waals surface area (Å²) in [6.45, 7) is 6.40. The number of carbonyl (C=O) groups is 1. The standard InChI is InChI=1S/C17H27N3O/c1-3-14-5-4-6-16(9-14)19-17(21)12-20-11-15(10-18)8-7-13(20)2/h4-6,9,13,15H,3,7-8,10-12,18H2,1-2H3,(H,19,21). The van der Waals surface area contributed by atoms with Crippen LogP contribution in [0.4, 0.5) is 5.69 Å². The number of nitrogens with one attached hydrogen (secondary N) is 1. The normalized spacial score (nSPS) is 23.0. The fraction of sp³-hybridized carbons (Fsp3) is 0.588. The summed E-state index contributed by atoms with van der Waals surface area (Å²) in [6, 6.07) is 8.51. The van der Waals surface area contributed by atoms with E-state index >= 15 is 0 Å². The van der Waals surface area contributed by atoms with Crippen LogP contribution in [0.2, 0.25) is 0 Å². The summed E-state index contributed by atoms with van der Waals surface area (Å²) in [5.74, 6) is 0.588. The van der Waals surface area contributed by atoms with Gasteiger partial charge in [-0.2, -0.15) is 0 Å². The monoisotopic (exact) mass is 289 g/mol. The van der Waals surface area contributed by atoms with Crippen LogP contribution in [0.5, 0.6) is 0 Å². The van der Waals surface area contributed by atoms with E-state index in [1.807, 2.05) is 18.2 Å². The van der Waals surface area contributed by atoms with Gasteiger partial charge in [-0.25, -0.2) is 0 Å². The van der Waals surface area contributed by atoms with Gasteiger partial charge in [0.1, 0.15) is 0 Å². The molecule has 3 N–H and O–H groups in total. The molecule has 1 heterocycles. The highest BCUT2D eigenvalue weighted by atomic mass is 16.2. The number of aryl methyl sites for hydroxylation is 1. The summed E-state index contributed by atoms with van der Waals surface area (Å²) in [5, 5.41) is 3.01. The van der Waals surface area contributed by atoms with E-state index in [0.29, 0.717) is 25.0 Å². The molecule has 1 fully saturated rings. The molecule has 1 aromatic rings. The molecule has 2 atom stereocenters. The number of hydrogen-bond donors (Lipinski definition) is 2. The van der Waals surface area contributed by atoms with Crippen molar-refractivity contribution in [3.63, 3.8) is 0 Å². The minimum atomic E-state index is 0.0628. The molecule has 0 spiro atoms. The summed E-state index contributed by atoms with van der Waals surface area (Å²) < 4.78 is 0. The molecule has 0 saturated carbocycles. The van der Waals surface area contributed by atoms with Crippen LogP contribution in [0.3, 0.4) is 0 Å². The predicted octanol–water partition coefficient (Wildman–Crippen LogP) is 2.25. The molecule has 4 nitrogen and oxygen atoms in total. The van der Waals surface area contributed by atoms with Gasteiger partial charge in [0, 0.05) is 18.3 Å². The van der Waals surface area contributed by atoms with Gasteiger partial charge in [-0.15, -0.1) is 0 Å². The van der Waals surface area contributed by atoms with Gasteiger partial charge in [-0.05, 0) is 56.3 Å². The summed E-state index contributed by atoms with van der Waals surface area (Å²) in [6.07, 6.45) is 3.28. The molecular weight excluding hydrogens is 262 g/mol. The molecule has 2 unspecified atom stereocenters. The van der Waals surface area contributed by atoms with Crippen molar-refractivity contribution in [2.45, 2.75) is 39.2 Å². The predicted molar refractivity (Wildman–Crippen MR) is 87.3 cm³/mol. The number of anilines is 1. The molecule has 4 heteroatoms. The Morgan fingerprint density at radius 2 is 2.24 bits per heavy atom. The topological polar surface area (TPSA) is 58.4 Å². The van der Waals surface area contributed by atoms with Gasteiger partial charge in [0.15, 0.2) is 0 Å². The lowest BCUT2D eigenvalue weighted by molar-refractivity contribution is -0.118. The molecule has 0 aliphatic carbocycles. The van der Waals surface area contributed by atoms with Crippen LogP contribution in [0.25, 0.3) is 0 Å². The van der Waals surface area contributed by atoms with Crippen LogP contribution < -0.4 is 11.1 Å².